The van der Waals surface area contributed by atoms with Crippen LogP contribution in [0.15, 0.2) is 36.4 Å². The second-order valence-electron chi connectivity index (χ2n) is 3.76. The number of halogens is 2. The van der Waals surface area contributed by atoms with Gasteiger partial charge in [-0.05, 0) is 36.2 Å². The average molecular weight is 271 g/mol. The van der Waals surface area contributed by atoms with E-state index in [-0.39, 0.29) is 18.3 Å². The summed E-state index contributed by atoms with van der Waals surface area (Å²) >= 11 is 7.41. The maximum atomic E-state index is 12.9. The highest BCUT2D eigenvalue weighted by Crippen LogP contribution is 2.34. The number of benzene rings is 1. The Morgan fingerprint density at radius 1 is 1.18 bits per heavy atom. The van der Waals surface area contributed by atoms with Crippen LogP contribution in [0.4, 0.5) is 4.39 Å². The summed E-state index contributed by atoms with van der Waals surface area (Å²) in [5, 5.41) is 9.12. The third kappa shape index (κ3) is 3.06. The van der Waals surface area contributed by atoms with Crippen LogP contribution in [0.5, 0.6) is 0 Å². The van der Waals surface area contributed by atoms with Crippen molar-refractivity contribution >= 4 is 22.9 Å². The molecule has 0 aliphatic carbocycles. The molecule has 1 N–H and O–H groups in total. The molecule has 0 amide bonds. The van der Waals surface area contributed by atoms with Gasteiger partial charge in [0.25, 0.3) is 0 Å². The Hall–Kier alpha value is -0.900. The van der Waals surface area contributed by atoms with E-state index in [9.17, 15) is 4.39 Å². The number of aliphatic hydroxyl groups is 1. The fraction of sp³-hybridized carbons (Fsp3) is 0.231. The smallest absolute Gasteiger partial charge is 0.123 e. The molecule has 0 aliphatic heterocycles. The van der Waals surface area contributed by atoms with Crippen molar-refractivity contribution in [2.75, 3.05) is 6.61 Å². The second kappa shape index (κ2) is 5.63. The molecular weight excluding hydrogens is 259 g/mol. The van der Waals surface area contributed by atoms with Crippen molar-refractivity contribution in [3.8, 4) is 0 Å². The summed E-state index contributed by atoms with van der Waals surface area (Å²) in [5.74, 6) is -0.168. The minimum absolute atomic E-state index is 0.0816. The maximum Gasteiger partial charge on any atom is 0.123 e. The van der Waals surface area contributed by atoms with Crippen LogP contribution in [-0.2, 0) is 0 Å². The van der Waals surface area contributed by atoms with Crippen LogP contribution in [0.3, 0.4) is 0 Å². The molecule has 0 fully saturated rings. The third-order valence-corrected chi connectivity index (χ3v) is 3.97. The van der Waals surface area contributed by atoms with E-state index in [2.05, 4.69) is 0 Å². The molecule has 1 unspecified atom stereocenters. The van der Waals surface area contributed by atoms with Crippen LogP contribution in [0, 0.1) is 5.82 Å². The molecule has 2 aromatic rings. The zero-order chi connectivity index (χ0) is 12.3. The normalized spacial score (nSPS) is 12.6. The second-order valence-corrected chi connectivity index (χ2v) is 5.50. The molecule has 0 radical (unpaired) electrons. The van der Waals surface area contributed by atoms with Crippen molar-refractivity contribution in [3.63, 3.8) is 0 Å². The zero-order valence-corrected chi connectivity index (χ0v) is 10.6. The van der Waals surface area contributed by atoms with Gasteiger partial charge in [0.1, 0.15) is 5.82 Å². The van der Waals surface area contributed by atoms with Crippen molar-refractivity contribution in [3.05, 3.63) is 57.0 Å². The van der Waals surface area contributed by atoms with E-state index in [0.717, 1.165) is 14.8 Å². The van der Waals surface area contributed by atoms with Gasteiger partial charge in [0.15, 0.2) is 0 Å². The summed E-state index contributed by atoms with van der Waals surface area (Å²) in [7, 11) is 0. The van der Waals surface area contributed by atoms with Crippen molar-refractivity contribution in [2.45, 2.75) is 12.3 Å². The van der Waals surface area contributed by atoms with E-state index in [0.29, 0.717) is 6.42 Å². The zero-order valence-electron chi connectivity index (χ0n) is 9.07. The van der Waals surface area contributed by atoms with Crippen LogP contribution >= 0.6 is 22.9 Å². The van der Waals surface area contributed by atoms with E-state index in [1.807, 2.05) is 12.1 Å². The molecule has 0 aliphatic rings. The number of aliphatic hydroxyl groups excluding tert-OH is 1. The van der Waals surface area contributed by atoms with Crippen molar-refractivity contribution in [1.29, 1.82) is 0 Å². The van der Waals surface area contributed by atoms with E-state index in [1.165, 1.54) is 23.5 Å². The molecule has 1 nitrogen and oxygen atoms in total. The molecule has 1 heterocycles. The van der Waals surface area contributed by atoms with E-state index < -0.39 is 0 Å². The Kier molecular flexibility index (Phi) is 4.15. The first-order valence-electron chi connectivity index (χ1n) is 5.32. The Bertz CT molecular complexity index is 480. The van der Waals surface area contributed by atoms with Gasteiger partial charge in [0, 0.05) is 17.4 Å². The van der Waals surface area contributed by atoms with Gasteiger partial charge in [-0.25, -0.2) is 4.39 Å². The molecule has 0 saturated heterocycles. The van der Waals surface area contributed by atoms with Gasteiger partial charge in [0.2, 0.25) is 0 Å². The monoisotopic (exact) mass is 270 g/mol. The van der Waals surface area contributed by atoms with Crippen LogP contribution < -0.4 is 0 Å². The molecule has 17 heavy (non-hydrogen) atoms. The predicted octanol–water partition coefficient (Wildman–Crippen LogP) is 4.05. The number of thiophene rings is 1. The Morgan fingerprint density at radius 3 is 2.41 bits per heavy atom. The topological polar surface area (TPSA) is 20.2 Å². The summed E-state index contributed by atoms with van der Waals surface area (Å²) in [6.07, 6.45) is 0.614. The van der Waals surface area contributed by atoms with Crippen LogP contribution in [0.2, 0.25) is 4.34 Å². The van der Waals surface area contributed by atoms with E-state index in [4.69, 9.17) is 16.7 Å². The van der Waals surface area contributed by atoms with Gasteiger partial charge in [-0.1, -0.05) is 23.7 Å². The minimum atomic E-state index is -0.249. The van der Waals surface area contributed by atoms with Gasteiger partial charge in [-0.2, -0.15) is 0 Å². The lowest BCUT2D eigenvalue weighted by Gasteiger charge is -2.14. The lowest BCUT2D eigenvalue weighted by Crippen LogP contribution is -2.01. The van der Waals surface area contributed by atoms with Crippen molar-refractivity contribution < 1.29 is 9.50 Å². The summed E-state index contributed by atoms with van der Waals surface area (Å²) < 4.78 is 13.6. The lowest BCUT2D eigenvalue weighted by atomic mass is 9.94. The average Bonchev–Trinajstić information content (AvgIpc) is 2.74. The minimum Gasteiger partial charge on any atom is -0.396 e. The lowest BCUT2D eigenvalue weighted by molar-refractivity contribution is 0.282. The van der Waals surface area contributed by atoms with E-state index in [1.54, 1.807) is 12.1 Å². The molecule has 1 atom stereocenters. The van der Waals surface area contributed by atoms with Gasteiger partial charge < -0.3 is 5.11 Å². The van der Waals surface area contributed by atoms with Gasteiger partial charge in [0.05, 0.1) is 4.34 Å². The first-order valence-corrected chi connectivity index (χ1v) is 6.51. The summed E-state index contributed by atoms with van der Waals surface area (Å²) in [4.78, 5) is 1.09. The maximum absolute atomic E-state index is 12.9. The number of hydrogen-bond donors (Lipinski definition) is 1. The molecule has 0 spiro atoms. The van der Waals surface area contributed by atoms with Crippen molar-refractivity contribution in [2.24, 2.45) is 0 Å². The third-order valence-electron chi connectivity index (χ3n) is 2.63. The van der Waals surface area contributed by atoms with Crippen LogP contribution in [0.25, 0.3) is 0 Å². The Morgan fingerprint density at radius 2 is 1.88 bits per heavy atom. The SMILES string of the molecule is OCCC(c1ccc(F)cc1)c1ccc(Cl)s1. The van der Waals surface area contributed by atoms with Crippen LogP contribution in [0.1, 0.15) is 22.8 Å². The molecule has 2 rings (SSSR count). The van der Waals surface area contributed by atoms with Crippen molar-refractivity contribution in [1.82, 2.24) is 0 Å². The molecule has 4 heteroatoms. The largest absolute Gasteiger partial charge is 0.396 e. The first-order chi connectivity index (χ1) is 8.20. The molecule has 1 aromatic heterocycles. The highest BCUT2D eigenvalue weighted by atomic mass is 35.5. The quantitative estimate of drug-likeness (QED) is 0.888. The van der Waals surface area contributed by atoms with Gasteiger partial charge in [-0.3, -0.25) is 0 Å². The highest BCUT2D eigenvalue weighted by molar-refractivity contribution is 7.16. The summed E-state index contributed by atoms with van der Waals surface area (Å²) in [5.41, 5.74) is 0.999. The molecule has 0 saturated carbocycles. The summed E-state index contributed by atoms with van der Waals surface area (Å²) in [6, 6.07) is 10.2. The summed E-state index contributed by atoms with van der Waals surface area (Å²) in [6.45, 7) is 0.0948. The highest BCUT2D eigenvalue weighted by Gasteiger charge is 2.15. The Balaban J connectivity index is 2.31. The fourth-order valence-electron chi connectivity index (χ4n) is 1.81. The molecular formula is C13H12ClFOS. The standard InChI is InChI=1S/C13H12ClFOS/c14-13-6-5-12(17-13)11(7-8-16)9-1-3-10(15)4-2-9/h1-6,11,16H,7-8H2. The Labute approximate surface area is 108 Å². The fourth-order valence-corrected chi connectivity index (χ4v) is 3.04. The van der Waals surface area contributed by atoms with Gasteiger partial charge >= 0.3 is 0 Å². The first kappa shape index (κ1) is 12.6. The molecule has 1 aromatic carbocycles. The number of hydrogen-bond acceptors (Lipinski definition) is 2. The number of rotatable bonds is 4. The molecule has 0 bridgehead atoms. The van der Waals surface area contributed by atoms with Gasteiger partial charge in [-0.15, -0.1) is 11.3 Å². The predicted molar refractivity (Wildman–Crippen MR) is 69.3 cm³/mol. The van der Waals surface area contributed by atoms with E-state index >= 15 is 0 Å². The van der Waals surface area contributed by atoms with Crippen LogP contribution in [-0.4, -0.2) is 11.7 Å². The molecule has 90 valence electrons.